The predicted octanol–water partition coefficient (Wildman–Crippen LogP) is 3.93. The number of rotatable bonds is 7. The summed E-state index contributed by atoms with van der Waals surface area (Å²) < 4.78 is 15.9. The number of methoxy groups -OCH3 is 1. The van der Waals surface area contributed by atoms with E-state index in [1.165, 1.54) is 0 Å². The Bertz CT molecular complexity index is 872. The average Bonchev–Trinajstić information content (AvgIpc) is 3.12. The highest BCUT2D eigenvalue weighted by Gasteiger charge is 2.11. The highest BCUT2D eigenvalue weighted by Crippen LogP contribution is 2.24. The molecule has 0 atom stereocenters. The lowest BCUT2D eigenvalue weighted by molar-refractivity contribution is -0.115. The predicted molar refractivity (Wildman–Crippen MR) is 98.4 cm³/mol. The number of carbonyl (C=O) groups is 1. The zero-order valence-electron chi connectivity index (χ0n) is 14.7. The third-order valence-corrected chi connectivity index (χ3v) is 3.70. The van der Waals surface area contributed by atoms with E-state index in [0.717, 1.165) is 17.1 Å². The molecule has 2 aromatic carbocycles. The van der Waals surface area contributed by atoms with Crippen molar-refractivity contribution in [1.82, 2.24) is 5.16 Å². The van der Waals surface area contributed by atoms with Gasteiger partial charge in [0.15, 0.2) is 5.76 Å². The minimum Gasteiger partial charge on any atom is -0.497 e. The van der Waals surface area contributed by atoms with Crippen molar-refractivity contribution in [2.75, 3.05) is 19.0 Å². The molecule has 0 aliphatic heterocycles. The lowest BCUT2D eigenvalue weighted by Crippen LogP contribution is -2.14. The van der Waals surface area contributed by atoms with Crippen LogP contribution >= 0.6 is 0 Å². The zero-order valence-corrected chi connectivity index (χ0v) is 14.7. The number of hydrogen-bond acceptors (Lipinski definition) is 5. The molecule has 0 unspecified atom stereocenters. The molecule has 1 amide bonds. The van der Waals surface area contributed by atoms with E-state index >= 15 is 0 Å². The number of aromatic nitrogens is 1. The van der Waals surface area contributed by atoms with Crippen molar-refractivity contribution in [3.8, 4) is 22.8 Å². The molecule has 134 valence electrons. The molecule has 1 N–H and O–H groups in total. The molecule has 6 nitrogen and oxygen atoms in total. The maximum Gasteiger partial charge on any atom is 0.230 e. The second kappa shape index (κ2) is 8.20. The smallest absolute Gasteiger partial charge is 0.230 e. The second-order valence-electron chi connectivity index (χ2n) is 5.60. The van der Waals surface area contributed by atoms with E-state index in [4.69, 9.17) is 14.0 Å². The third-order valence-electron chi connectivity index (χ3n) is 3.70. The van der Waals surface area contributed by atoms with Crippen molar-refractivity contribution in [2.45, 2.75) is 13.3 Å². The summed E-state index contributed by atoms with van der Waals surface area (Å²) in [5.41, 5.74) is 2.11. The molecule has 0 aliphatic carbocycles. The van der Waals surface area contributed by atoms with Gasteiger partial charge in [-0.25, -0.2) is 0 Å². The molecule has 0 bridgehead atoms. The van der Waals surface area contributed by atoms with E-state index in [1.807, 2.05) is 43.3 Å². The van der Waals surface area contributed by atoms with Crippen molar-refractivity contribution < 1.29 is 18.8 Å². The van der Waals surface area contributed by atoms with Crippen LogP contribution in [0.4, 0.5) is 5.69 Å². The van der Waals surface area contributed by atoms with Crippen LogP contribution in [0.5, 0.6) is 11.5 Å². The number of ether oxygens (including phenoxy) is 2. The Morgan fingerprint density at radius 3 is 2.65 bits per heavy atom. The van der Waals surface area contributed by atoms with Gasteiger partial charge in [0.05, 0.1) is 25.8 Å². The fourth-order valence-corrected chi connectivity index (χ4v) is 2.48. The number of anilines is 1. The fraction of sp³-hybridized carbons (Fsp3) is 0.200. The number of nitrogens with zero attached hydrogens (tertiary/aromatic N) is 1. The third kappa shape index (κ3) is 4.42. The normalized spacial score (nSPS) is 10.4. The Hall–Kier alpha value is -3.28. The summed E-state index contributed by atoms with van der Waals surface area (Å²) >= 11 is 0. The molecule has 0 fully saturated rings. The largest absolute Gasteiger partial charge is 0.497 e. The molecule has 3 rings (SSSR count). The lowest BCUT2D eigenvalue weighted by Gasteiger charge is -2.06. The summed E-state index contributed by atoms with van der Waals surface area (Å²) in [6.07, 6.45) is 0.126. The molecule has 26 heavy (non-hydrogen) atoms. The van der Waals surface area contributed by atoms with Gasteiger partial charge >= 0.3 is 0 Å². The van der Waals surface area contributed by atoms with E-state index in [9.17, 15) is 4.79 Å². The molecule has 1 heterocycles. The highest BCUT2D eigenvalue weighted by atomic mass is 16.5. The van der Waals surface area contributed by atoms with Crippen LogP contribution in [0.1, 0.15) is 12.6 Å². The minimum atomic E-state index is -0.167. The molecule has 0 saturated heterocycles. The van der Waals surface area contributed by atoms with Gasteiger partial charge in [0, 0.05) is 17.3 Å². The van der Waals surface area contributed by atoms with Crippen molar-refractivity contribution in [3.63, 3.8) is 0 Å². The first-order chi connectivity index (χ1) is 12.7. The first-order valence-electron chi connectivity index (χ1n) is 8.30. The summed E-state index contributed by atoms with van der Waals surface area (Å²) in [7, 11) is 1.61. The van der Waals surface area contributed by atoms with Crippen LogP contribution in [0.2, 0.25) is 0 Å². The van der Waals surface area contributed by atoms with Crippen molar-refractivity contribution >= 4 is 11.6 Å². The monoisotopic (exact) mass is 352 g/mol. The first-order valence-corrected chi connectivity index (χ1v) is 8.30. The molecule has 3 aromatic rings. The van der Waals surface area contributed by atoms with Crippen molar-refractivity contribution in [3.05, 3.63) is 60.3 Å². The van der Waals surface area contributed by atoms with Gasteiger partial charge in [-0.1, -0.05) is 17.3 Å². The van der Waals surface area contributed by atoms with Gasteiger partial charge in [-0.15, -0.1) is 0 Å². The van der Waals surface area contributed by atoms with Crippen LogP contribution in [0.15, 0.2) is 59.1 Å². The van der Waals surface area contributed by atoms with Gasteiger partial charge in [-0.2, -0.15) is 0 Å². The Morgan fingerprint density at radius 1 is 1.12 bits per heavy atom. The maximum absolute atomic E-state index is 12.2. The molecule has 0 aliphatic rings. The van der Waals surface area contributed by atoms with Crippen molar-refractivity contribution in [1.29, 1.82) is 0 Å². The van der Waals surface area contributed by atoms with Crippen molar-refractivity contribution in [2.24, 2.45) is 0 Å². The number of benzene rings is 2. The van der Waals surface area contributed by atoms with Crippen LogP contribution in [-0.4, -0.2) is 24.8 Å². The highest BCUT2D eigenvalue weighted by molar-refractivity contribution is 5.92. The first kappa shape index (κ1) is 17.5. The van der Waals surface area contributed by atoms with E-state index < -0.39 is 0 Å². The van der Waals surface area contributed by atoms with E-state index in [2.05, 4.69) is 10.5 Å². The Morgan fingerprint density at radius 2 is 1.92 bits per heavy atom. The van der Waals surface area contributed by atoms with Crippen LogP contribution in [0, 0.1) is 0 Å². The van der Waals surface area contributed by atoms with Crippen LogP contribution in [0.3, 0.4) is 0 Å². The topological polar surface area (TPSA) is 73.6 Å². The van der Waals surface area contributed by atoms with Crippen LogP contribution in [0.25, 0.3) is 11.3 Å². The van der Waals surface area contributed by atoms with Crippen LogP contribution < -0.4 is 14.8 Å². The van der Waals surface area contributed by atoms with Gasteiger partial charge < -0.3 is 19.3 Å². The van der Waals surface area contributed by atoms with E-state index in [-0.39, 0.29) is 12.3 Å². The molecular formula is C20H20N2O4. The molecule has 0 radical (unpaired) electrons. The molecule has 6 heteroatoms. The minimum absolute atomic E-state index is 0.126. The summed E-state index contributed by atoms with van der Waals surface area (Å²) in [6, 6.07) is 16.5. The molecule has 0 saturated carbocycles. The van der Waals surface area contributed by atoms with Gasteiger partial charge in [0.25, 0.3) is 0 Å². The van der Waals surface area contributed by atoms with Crippen LogP contribution in [-0.2, 0) is 11.2 Å². The van der Waals surface area contributed by atoms with E-state index in [1.54, 1.807) is 25.3 Å². The SMILES string of the molecule is CCOc1ccc(NC(=O)Cc2cc(-c3cccc(OC)c3)on2)cc1. The molecular weight excluding hydrogens is 332 g/mol. The Labute approximate surface area is 151 Å². The number of nitrogens with one attached hydrogen (secondary N) is 1. The summed E-state index contributed by atoms with van der Waals surface area (Å²) in [5.74, 6) is 1.92. The number of hydrogen-bond donors (Lipinski definition) is 1. The molecule has 0 spiro atoms. The Kier molecular flexibility index (Phi) is 5.53. The quantitative estimate of drug-likeness (QED) is 0.697. The number of carbonyl (C=O) groups excluding carboxylic acids is 1. The van der Waals surface area contributed by atoms with Gasteiger partial charge in [0.1, 0.15) is 11.5 Å². The number of amides is 1. The molecule has 1 aromatic heterocycles. The lowest BCUT2D eigenvalue weighted by atomic mass is 10.1. The fourth-order valence-electron chi connectivity index (χ4n) is 2.48. The van der Waals surface area contributed by atoms with Gasteiger partial charge in [-0.3, -0.25) is 4.79 Å². The standard InChI is InChI=1S/C20H20N2O4/c1-3-25-17-9-7-15(8-10-17)21-20(23)13-16-12-19(26-22-16)14-5-4-6-18(11-14)24-2/h4-12H,3,13H2,1-2H3,(H,21,23). The average molecular weight is 352 g/mol. The van der Waals surface area contributed by atoms with E-state index in [0.29, 0.717) is 23.7 Å². The van der Waals surface area contributed by atoms with Gasteiger partial charge in [-0.05, 0) is 43.3 Å². The Balaban J connectivity index is 1.62. The van der Waals surface area contributed by atoms with Gasteiger partial charge in [0.2, 0.25) is 5.91 Å². The summed E-state index contributed by atoms with van der Waals surface area (Å²) in [6.45, 7) is 2.53. The zero-order chi connectivity index (χ0) is 18.4. The summed E-state index contributed by atoms with van der Waals surface area (Å²) in [4.78, 5) is 12.2. The summed E-state index contributed by atoms with van der Waals surface area (Å²) in [5, 5.41) is 6.80. The maximum atomic E-state index is 12.2. The second-order valence-corrected chi connectivity index (χ2v) is 5.60.